The maximum atomic E-state index is 12.6. The molecule has 3 rings (SSSR count). The first-order valence-electron chi connectivity index (χ1n) is 9.50. The average Bonchev–Trinajstić information content (AvgIpc) is 3.16. The summed E-state index contributed by atoms with van der Waals surface area (Å²) in [6, 6.07) is 13.1. The highest BCUT2D eigenvalue weighted by molar-refractivity contribution is 8.00. The van der Waals surface area contributed by atoms with Gasteiger partial charge in [-0.2, -0.15) is 0 Å². The number of thiazole rings is 1. The largest absolute Gasteiger partial charge is 0.478 e. The molecule has 9 heteroatoms. The number of hydrogen-bond acceptors (Lipinski definition) is 6. The standard InChI is InChI=1S/C22H21N3O4S2/c1-3-18(20(27)25-22-23-13(2)12-30-22)31-15-8-6-7-14(11-15)24-19(26)16-9-4-5-10-17(16)21(28)29/h4-12,18H,3H2,1-2H3,(H,24,26)(H,28,29)(H,23,25,27). The van der Waals surface area contributed by atoms with Crippen molar-refractivity contribution in [2.45, 2.75) is 30.4 Å². The van der Waals surface area contributed by atoms with Gasteiger partial charge in [-0.3, -0.25) is 9.59 Å². The van der Waals surface area contributed by atoms with Crippen molar-refractivity contribution in [2.24, 2.45) is 0 Å². The molecule has 7 nitrogen and oxygen atoms in total. The Bertz CT molecular complexity index is 1110. The molecule has 1 unspecified atom stereocenters. The van der Waals surface area contributed by atoms with Crippen LogP contribution in [0.4, 0.5) is 10.8 Å². The van der Waals surface area contributed by atoms with Crippen molar-refractivity contribution in [1.82, 2.24) is 4.98 Å². The molecular formula is C22H21N3O4S2. The molecule has 0 aliphatic carbocycles. The molecule has 0 spiro atoms. The third-order valence-corrected chi connectivity index (χ3v) is 6.52. The first kappa shape index (κ1) is 22.5. The highest BCUT2D eigenvalue weighted by atomic mass is 32.2. The normalized spacial score (nSPS) is 11.5. The fourth-order valence-corrected chi connectivity index (χ4v) is 4.50. The van der Waals surface area contributed by atoms with Gasteiger partial charge in [-0.25, -0.2) is 9.78 Å². The summed E-state index contributed by atoms with van der Waals surface area (Å²) in [5, 5.41) is 17.0. The highest BCUT2D eigenvalue weighted by Gasteiger charge is 2.20. The molecule has 0 bridgehead atoms. The second-order valence-corrected chi connectivity index (χ2v) is 8.76. The van der Waals surface area contributed by atoms with E-state index in [1.165, 1.54) is 35.2 Å². The number of carbonyl (C=O) groups excluding carboxylic acids is 2. The van der Waals surface area contributed by atoms with Gasteiger partial charge in [-0.05, 0) is 43.7 Å². The number of hydrogen-bond donors (Lipinski definition) is 3. The fraction of sp³-hybridized carbons (Fsp3) is 0.182. The van der Waals surface area contributed by atoms with Gasteiger partial charge in [-0.15, -0.1) is 23.1 Å². The predicted octanol–water partition coefficient (Wildman–Crippen LogP) is 4.91. The number of benzene rings is 2. The number of anilines is 2. The molecular weight excluding hydrogens is 434 g/mol. The minimum absolute atomic E-state index is 0.0642. The zero-order valence-electron chi connectivity index (χ0n) is 16.9. The third kappa shape index (κ3) is 5.93. The monoisotopic (exact) mass is 455 g/mol. The van der Waals surface area contributed by atoms with Crippen LogP contribution in [0.5, 0.6) is 0 Å². The van der Waals surface area contributed by atoms with Crippen molar-refractivity contribution < 1.29 is 19.5 Å². The number of carbonyl (C=O) groups is 3. The Morgan fingerprint density at radius 3 is 2.48 bits per heavy atom. The number of nitrogens with zero attached hydrogens (tertiary/aromatic N) is 1. The van der Waals surface area contributed by atoms with Gasteiger partial charge in [0.2, 0.25) is 5.91 Å². The number of carboxylic acid groups (broad SMARTS) is 1. The lowest BCUT2D eigenvalue weighted by atomic mass is 10.1. The van der Waals surface area contributed by atoms with Crippen LogP contribution < -0.4 is 10.6 Å². The molecule has 0 saturated carbocycles. The van der Waals surface area contributed by atoms with Crippen molar-refractivity contribution in [3.05, 3.63) is 70.7 Å². The number of rotatable bonds is 8. The Kier molecular flexibility index (Phi) is 7.43. The second-order valence-electron chi connectivity index (χ2n) is 6.63. The number of amides is 2. The van der Waals surface area contributed by atoms with Crippen LogP contribution in [0.1, 0.15) is 39.8 Å². The van der Waals surface area contributed by atoms with E-state index in [1.807, 2.05) is 25.3 Å². The molecule has 3 N–H and O–H groups in total. The minimum atomic E-state index is -1.16. The van der Waals surface area contributed by atoms with Crippen LogP contribution >= 0.6 is 23.1 Å². The highest BCUT2D eigenvalue weighted by Crippen LogP contribution is 2.29. The smallest absolute Gasteiger partial charge is 0.336 e. The number of aryl methyl sites for hydroxylation is 1. The molecule has 3 aromatic rings. The zero-order valence-corrected chi connectivity index (χ0v) is 18.5. The maximum Gasteiger partial charge on any atom is 0.336 e. The van der Waals surface area contributed by atoms with Gasteiger partial charge in [0.25, 0.3) is 5.91 Å². The van der Waals surface area contributed by atoms with Crippen molar-refractivity contribution in [1.29, 1.82) is 0 Å². The van der Waals surface area contributed by atoms with Gasteiger partial charge in [-0.1, -0.05) is 25.1 Å². The van der Waals surface area contributed by atoms with E-state index in [0.717, 1.165) is 10.6 Å². The summed E-state index contributed by atoms with van der Waals surface area (Å²) in [6.07, 6.45) is 0.615. The van der Waals surface area contributed by atoms with Gasteiger partial charge in [0.15, 0.2) is 5.13 Å². The topological polar surface area (TPSA) is 108 Å². The van der Waals surface area contributed by atoms with Crippen LogP contribution in [0.25, 0.3) is 0 Å². The Balaban J connectivity index is 1.70. The van der Waals surface area contributed by atoms with Gasteiger partial charge < -0.3 is 15.7 Å². The molecule has 1 heterocycles. The van der Waals surface area contributed by atoms with Crippen molar-refractivity contribution in [2.75, 3.05) is 10.6 Å². The van der Waals surface area contributed by atoms with Crippen molar-refractivity contribution in [3.8, 4) is 0 Å². The Morgan fingerprint density at radius 1 is 1.10 bits per heavy atom. The van der Waals surface area contributed by atoms with E-state index in [0.29, 0.717) is 17.2 Å². The predicted molar refractivity (Wildman–Crippen MR) is 123 cm³/mol. The lowest BCUT2D eigenvalue weighted by molar-refractivity contribution is -0.115. The molecule has 1 aromatic heterocycles. The molecule has 0 radical (unpaired) electrons. The Hall–Kier alpha value is -3.17. The molecule has 31 heavy (non-hydrogen) atoms. The van der Waals surface area contributed by atoms with Crippen LogP contribution in [-0.4, -0.2) is 33.1 Å². The summed E-state index contributed by atoms with van der Waals surface area (Å²) >= 11 is 2.77. The first-order valence-corrected chi connectivity index (χ1v) is 11.3. The summed E-state index contributed by atoms with van der Waals surface area (Å²) in [5.41, 5.74) is 1.39. The van der Waals surface area contributed by atoms with E-state index in [-0.39, 0.29) is 22.3 Å². The van der Waals surface area contributed by atoms with E-state index in [2.05, 4.69) is 15.6 Å². The fourth-order valence-electron chi connectivity index (χ4n) is 2.80. The van der Waals surface area contributed by atoms with Gasteiger partial charge in [0.1, 0.15) is 0 Å². The zero-order chi connectivity index (χ0) is 22.4. The molecule has 0 aliphatic heterocycles. The summed E-state index contributed by atoms with van der Waals surface area (Å²) in [5.74, 6) is -1.81. The average molecular weight is 456 g/mol. The van der Waals surface area contributed by atoms with Gasteiger partial charge in [0, 0.05) is 16.0 Å². The van der Waals surface area contributed by atoms with E-state index < -0.39 is 11.9 Å². The molecule has 0 fully saturated rings. The summed E-state index contributed by atoms with van der Waals surface area (Å²) < 4.78 is 0. The quantitative estimate of drug-likeness (QED) is 0.417. The van der Waals surface area contributed by atoms with Crippen LogP contribution in [0.15, 0.2) is 58.8 Å². The Labute approximate surface area is 187 Å². The van der Waals surface area contributed by atoms with Crippen LogP contribution in [0.3, 0.4) is 0 Å². The molecule has 0 saturated heterocycles. The summed E-state index contributed by atoms with van der Waals surface area (Å²) in [4.78, 5) is 41.6. The third-order valence-electron chi connectivity index (χ3n) is 4.28. The van der Waals surface area contributed by atoms with Gasteiger partial charge >= 0.3 is 5.97 Å². The van der Waals surface area contributed by atoms with Crippen LogP contribution in [0.2, 0.25) is 0 Å². The molecule has 0 aliphatic rings. The van der Waals surface area contributed by atoms with Crippen LogP contribution in [-0.2, 0) is 4.79 Å². The van der Waals surface area contributed by atoms with Gasteiger partial charge in [0.05, 0.1) is 22.1 Å². The van der Waals surface area contributed by atoms with E-state index in [1.54, 1.807) is 30.3 Å². The van der Waals surface area contributed by atoms with E-state index in [9.17, 15) is 19.5 Å². The number of aromatic nitrogens is 1. The number of nitrogens with one attached hydrogen (secondary N) is 2. The number of thioether (sulfide) groups is 1. The lowest BCUT2D eigenvalue weighted by Gasteiger charge is -2.14. The second kappa shape index (κ2) is 10.2. The number of aromatic carboxylic acids is 1. The molecule has 160 valence electrons. The van der Waals surface area contributed by atoms with Crippen molar-refractivity contribution >= 4 is 51.7 Å². The molecule has 1 atom stereocenters. The first-order chi connectivity index (χ1) is 14.9. The van der Waals surface area contributed by atoms with Crippen LogP contribution in [0, 0.1) is 6.92 Å². The lowest BCUT2D eigenvalue weighted by Crippen LogP contribution is -2.24. The van der Waals surface area contributed by atoms with Crippen molar-refractivity contribution in [3.63, 3.8) is 0 Å². The van der Waals surface area contributed by atoms with E-state index >= 15 is 0 Å². The summed E-state index contributed by atoms with van der Waals surface area (Å²) in [7, 11) is 0. The minimum Gasteiger partial charge on any atom is -0.478 e. The maximum absolute atomic E-state index is 12.6. The summed E-state index contributed by atoms with van der Waals surface area (Å²) in [6.45, 7) is 3.80. The SMILES string of the molecule is CCC(Sc1cccc(NC(=O)c2ccccc2C(=O)O)c1)C(=O)Nc1nc(C)cs1. The molecule has 2 aromatic carbocycles. The Morgan fingerprint density at radius 2 is 1.84 bits per heavy atom. The molecule has 2 amide bonds. The number of carboxylic acids is 1. The van der Waals surface area contributed by atoms with E-state index in [4.69, 9.17) is 0 Å².